The highest BCUT2D eigenvalue weighted by molar-refractivity contribution is 9.10. The van der Waals surface area contributed by atoms with Crippen LogP contribution >= 0.6 is 39.7 Å². The van der Waals surface area contributed by atoms with Gasteiger partial charge < -0.3 is 9.84 Å². The number of hydrogen-bond acceptors (Lipinski definition) is 5. The fourth-order valence-corrected chi connectivity index (χ4v) is 2.67. The molecule has 0 bridgehead atoms. The van der Waals surface area contributed by atoms with E-state index in [2.05, 4.69) is 32.1 Å². The van der Waals surface area contributed by atoms with Gasteiger partial charge in [-0.15, -0.1) is 0 Å². The Morgan fingerprint density at radius 1 is 1.19 bits per heavy atom. The first-order valence-electron chi connectivity index (χ1n) is 7.13. The van der Waals surface area contributed by atoms with Crippen LogP contribution in [0.3, 0.4) is 0 Å². The maximum Gasteiger partial charge on any atom is 0.273 e. The molecule has 0 radical (unpaired) electrons. The van der Waals surface area contributed by atoms with Gasteiger partial charge in [0.1, 0.15) is 11.5 Å². The molecule has 0 saturated carbocycles. The number of halogens is 2. The number of nitrogens with one attached hydrogen (secondary N) is 3. The molecule has 2 aromatic carbocycles. The van der Waals surface area contributed by atoms with Crippen LogP contribution in [0.15, 0.2) is 46.9 Å². The normalized spacial score (nSPS) is 9.92. The van der Waals surface area contributed by atoms with E-state index >= 15 is 0 Å². The standard InChI is InChI=1S/C16H13BrClN3O4S/c17-9-5-6-13(11(18)7-9)25-8-14(23)19-16(26)21-20-15(24)10-3-1-2-4-12(10)22/h1-7,22H,8H2,(H,20,24)(H2,19,21,23,26). The molecule has 7 nitrogen and oxygen atoms in total. The predicted molar refractivity (Wildman–Crippen MR) is 104 cm³/mol. The van der Waals surface area contributed by atoms with Crippen LogP contribution in [-0.2, 0) is 4.79 Å². The van der Waals surface area contributed by atoms with E-state index in [1.54, 1.807) is 30.3 Å². The number of thiocarbonyl (C=S) groups is 1. The minimum absolute atomic E-state index is 0.0577. The van der Waals surface area contributed by atoms with Crippen LogP contribution in [0.5, 0.6) is 11.5 Å². The summed E-state index contributed by atoms with van der Waals surface area (Å²) >= 11 is 14.1. The lowest BCUT2D eigenvalue weighted by Gasteiger charge is -2.12. The quantitative estimate of drug-likeness (QED) is 0.415. The van der Waals surface area contributed by atoms with Crippen molar-refractivity contribution in [2.75, 3.05) is 6.61 Å². The zero-order chi connectivity index (χ0) is 19.1. The van der Waals surface area contributed by atoms with Gasteiger partial charge in [0.2, 0.25) is 0 Å². The smallest absolute Gasteiger partial charge is 0.273 e. The molecule has 2 rings (SSSR count). The zero-order valence-electron chi connectivity index (χ0n) is 13.1. The van der Waals surface area contributed by atoms with Gasteiger partial charge in [0.05, 0.1) is 10.6 Å². The first-order valence-corrected chi connectivity index (χ1v) is 8.70. The molecule has 0 unspecified atom stereocenters. The molecule has 0 heterocycles. The van der Waals surface area contributed by atoms with Crippen molar-refractivity contribution in [2.45, 2.75) is 0 Å². The van der Waals surface area contributed by atoms with Gasteiger partial charge in [0, 0.05) is 4.47 Å². The highest BCUT2D eigenvalue weighted by Crippen LogP contribution is 2.27. The topological polar surface area (TPSA) is 99.7 Å². The molecule has 0 spiro atoms. The van der Waals surface area contributed by atoms with Crippen molar-refractivity contribution in [1.29, 1.82) is 0 Å². The van der Waals surface area contributed by atoms with E-state index in [-0.39, 0.29) is 23.0 Å². The number of benzene rings is 2. The summed E-state index contributed by atoms with van der Waals surface area (Å²) < 4.78 is 6.07. The lowest BCUT2D eigenvalue weighted by molar-refractivity contribution is -0.121. The Morgan fingerprint density at radius 2 is 1.92 bits per heavy atom. The van der Waals surface area contributed by atoms with E-state index in [0.717, 1.165) is 4.47 Å². The average Bonchev–Trinajstić information content (AvgIpc) is 2.59. The van der Waals surface area contributed by atoms with Crippen molar-refractivity contribution >= 4 is 56.7 Å². The van der Waals surface area contributed by atoms with Crippen molar-refractivity contribution in [1.82, 2.24) is 16.2 Å². The number of hydrogen-bond donors (Lipinski definition) is 4. The second kappa shape index (κ2) is 9.37. The molecule has 10 heteroatoms. The molecular weight excluding hydrogens is 446 g/mol. The Kier molecular flexibility index (Phi) is 7.19. The number of rotatable bonds is 4. The van der Waals surface area contributed by atoms with Gasteiger partial charge in [-0.05, 0) is 42.5 Å². The fourth-order valence-electron chi connectivity index (χ4n) is 1.78. The maximum absolute atomic E-state index is 11.9. The second-order valence-corrected chi connectivity index (χ2v) is 6.57. The molecule has 0 saturated heterocycles. The third kappa shape index (κ3) is 5.87. The highest BCUT2D eigenvalue weighted by Gasteiger charge is 2.12. The second-order valence-electron chi connectivity index (χ2n) is 4.84. The Bertz CT molecular complexity index is 850. The van der Waals surface area contributed by atoms with E-state index < -0.39 is 11.8 Å². The van der Waals surface area contributed by atoms with Gasteiger partial charge in [-0.1, -0.05) is 39.7 Å². The van der Waals surface area contributed by atoms with Crippen LogP contribution in [0.2, 0.25) is 5.02 Å². The summed E-state index contributed by atoms with van der Waals surface area (Å²) in [6.07, 6.45) is 0. The zero-order valence-corrected chi connectivity index (χ0v) is 16.2. The van der Waals surface area contributed by atoms with E-state index in [9.17, 15) is 14.7 Å². The molecule has 0 atom stereocenters. The van der Waals surface area contributed by atoms with E-state index in [0.29, 0.717) is 10.8 Å². The van der Waals surface area contributed by atoms with Gasteiger partial charge >= 0.3 is 0 Å². The minimum atomic E-state index is -0.613. The average molecular weight is 459 g/mol. The number of carbonyl (C=O) groups excluding carboxylic acids is 2. The van der Waals surface area contributed by atoms with Gasteiger partial charge in [0.15, 0.2) is 11.7 Å². The number of hydrazine groups is 1. The predicted octanol–water partition coefficient (Wildman–Crippen LogP) is 2.52. The molecule has 2 amide bonds. The van der Waals surface area contributed by atoms with Crippen LogP contribution in [0, 0.1) is 0 Å². The van der Waals surface area contributed by atoms with Crippen molar-refractivity contribution in [3.8, 4) is 11.5 Å². The number of phenolic OH excluding ortho intramolecular Hbond substituents is 1. The monoisotopic (exact) mass is 457 g/mol. The van der Waals surface area contributed by atoms with Gasteiger partial charge in [-0.25, -0.2) is 0 Å². The summed E-state index contributed by atoms with van der Waals surface area (Å²) in [5.74, 6) is -0.992. The van der Waals surface area contributed by atoms with Crippen LogP contribution in [0.4, 0.5) is 0 Å². The number of ether oxygens (including phenoxy) is 1. The van der Waals surface area contributed by atoms with E-state index in [4.69, 9.17) is 28.6 Å². The fraction of sp³-hybridized carbons (Fsp3) is 0.0625. The lowest BCUT2D eigenvalue weighted by atomic mass is 10.2. The van der Waals surface area contributed by atoms with Gasteiger partial charge in [-0.3, -0.25) is 25.8 Å². The number of phenols is 1. The third-order valence-corrected chi connectivity index (χ3v) is 3.94. The van der Waals surface area contributed by atoms with Crippen LogP contribution in [-0.4, -0.2) is 28.6 Å². The van der Waals surface area contributed by atoms with Crippen LogP contribution in [0.25, 0.3) is 0 Å². The number of amides is 2. The Morgan fingerprint density at radius 3 is 2.62 bits per heavy atom. The summed E-state index contributed by atoms with van der Waals surface area (Å²) in [7, 11) is 0. The number of aromatic hydroxyl groups is 1. The summed E-state index contributed by atoms with van der Waals surface area (Å²) in [6, 6.07) is 11.0. The van der Waals surface area contributed by atoms with Crippen molar-refractivity contribution < 1.29 is 19.4 Å². The molecular formula is C16H13BrClN3O4S. The lowest BCUT2D eigenvalue weighted by Crippen LogP contribution is -2.49. The number of para-hydroxylation sites is 1. The van der Waals surface area contributed by atoms with Gasteiger partial charge in [0.25, 0.3) is 11.8 Å². The highest BCUT2D eigenvalue weighted by atomic mass is 79.9. The maximum atomic E-state index is 11.9. The Balaban J connectivity index is 1.77. The molecule has 136 valence electrons. The summed E-state index contributed by atoms with van der Waals surface area (Å²) in [5, 5.41) is 12.1. The summed E-state index contributed by atoms with van der Waals surface area (Å²) in [6.45, 7) is -0.323. The van der Waals surface area contributed by atoms with Crippen LogP contribution in [0.1, 0.15) is 10.4 Å². The largest absolute Gasteiger partial charge is 0.507 e. The molecule has 0 fully saturated rings. The molecule has 2 aromatic rings. The summed E-state index contributed by atoms with van der Waals surface area (Å²) in [5.41, 5.74) is 4.68. The van der Waals surface area contributed by atoms with E-state index in [1.165, 1.54) is 12.1 Å². The molecule has 0 aromatic heterocycles. The molecule has 4 N–H and O–H groups in total. The first-order chi connectivity index (χ1) is 12.4. The Hall–Kier alpha value is -2.36. The molecule has 26 heavy (non-hydrogen) atoms. The SMILES string of the molecule is O=C(COc1ccc(Br)cc1Cl)NC(=S)NNC(=O)c1ccccc1O. The van der Waals surface area contributed by atoms with Crippen molar-refractivity contribution in [2.24, 2.45) is 0 Å². The van der Waals surface area contributed by atoms with Crippen molar-refractivity contribution in [3.63, 3.8) is 0 Å². The first kappa shape index (κ1) is 20.0. The molecule has 0 aliphatic rings. The summed E-state index contributed by atoms with van der Waals surface area (Å²) in [4.78, 5) is 23.7. The van der Waals surface area contributed by atoms with E-state index in [1.807, 2.05) is 0 Å². The van der Waals surface area contributed by atoms with Gasteiger partial charge in [-0.2, -0.15) is 0 Å². The minimum Gasteiger partial charge on any atom is -0.507 e. The molecule has 0 aliphatic heterocycles. The molecule has 0 aliphatic carbocycles. The third-order valence-electron chi connectivity index (χ3n) is 2.94. The van der Waals surface area contributed by atoms with Crippen molar-refractivity contribution in [3.05, 3.63) is 57.5 Å². The number of carbonyl (C=O) groups is 2. The Labute approximate surface area is 167 Å². The van der Waals surface area contributed by atoms with Crippen LogP contribution < -0.4 is 20.9 Å².